The molecule has 2 N–H and O–H groups in total. The monoisotopic (exact) mass is 508 g/mol. The van der Waals surface area contributed by atoms with Crippen molar-refractivity contribution in [1.29, 1.82) is 0 Å². The Morgan fingerprint density at radius 3 is 2.66 bits per heavy atom. The molecule has 1 aliphatic heterocycles. The molecule has 1 amide bonds. The lowest BCUT2D eigenvalue weighted by molar-refractivity contribution is -0.137. The highest BCUT2D eigenvalue weighted by atomic mass is 35.5. The van der Waals surface area contributed by atoms with Crippen molar-refractivity contribution in [3.05, 3.63) is 41.0 Å². The molecule has 2 aromatic rings. The number of nitrogens with one attached hydrogen (secondary N) is 1. The minimum absolute atomic E-state index is 0.129. The van der Waals surface area contributed by atoms with Crippen molar-refractivity contribution in [2.45, 2.75) is 69.4 Å². The molecule has 2 fully saturated rings. The molecule has 7 nitrogen and oxygen atoms in total. The number of benzene rings is 1. The number of carboxylic acids is 1. The topological polar surface area (TPSA) is 87.5 Å². The summed E-state index contributed by atoms with van der Waals surface area (Å²) in [5.41, 5.74) is 1.71. The number of amides is 1. The smallest absolute Gasteiger partial charge is 0.305 e. The standard InChI is InChI=1S/C25H31ClF2N4O3/c26-20-9-4-3-8-19(20)22-15-21(30-32(22)18-6-1-2-7-18)24(35)29-17(14-23(33)34)10-13-31-12-5-11-25(27,28)16-31/h3-4,8-9,15,17-18H,1-2,5-7,10-14,16H2,(H,29,35)(H,33,34)/t17-/m0/s1. The SMILES string of the molecule is O=C(O)C[C@H](CCN1CCCC(F)(F)C1)NC(=O)c1cc(-c2ccccc2Cl)n(C2CCCC2)n1. The molecule has 1 aliphatic carbocycles. The van der Waals surface area contributed by atoms with Gasteiger partial charge in [0.05, 0.1) is 24.7 Å². The number of hydrogen-bond donors (Lipinski definition) is 2. The van der Waals surface area contributed by atoms with Gasteiger partial charge in [-0.3, -0.25) is 19.2 Å². The zero-order valence-electron chi connectivity index (χ0n) is 19.6. The second-order valence-corrected chi connectivity index (χ2v) is 9.98. The number of hydrogen-bond acceptors (Lipinski definition) is 4. The minimum Gasteiger partial charge on any atom is -0.481 e. The van der Waals surface area contributed by atoms with E-state index in [9.17, 15) is 23.5 Å². The Morgan fingerprint density at radius 2 is 1.97 bits per heavy atom. The van der Waals surface area contributed by atoms with Crippen molar-refractivity contribution < 1.29 is 23.5 Å². The van der Waals surface area contributed by atoms with E-state index in [-0.39, 0.29) is 44.1 Å². The third-order valence-corrected chi connectivity index (χ3v) is 7.14. The molecule has 1 saturated heterocycles. The maximum absolute atomic E-state index is 13.7. The van der Waals surface area contributed by atoms with Crippen molar-refractivity contribution in [1.82, 2.24) is 20.0 Å². The van der Waals surface area contributed by atoms with Crippen LogP contribution in [0.15, 0.2) is 30.3 Å². The van der Waals surface area contributed by atoms with Gasteiger partial charge in [0.15, 0.2) is 5.69 Å². The fourth-order valence-electron chi connectivity index (χ4n) is 5.07. The molecule has 4 rings (SSSR count). The van der Waals surface area contributed by atoms with Gasteiger partial charge in [-0.05, 0) is 44.4 Å². The van der Waals surface area contributed by atoms with E-state index in [4.69, 9.17) is 11.6 Å². The first-order chi connectivity index (χ1) is 16.7. The molecule has 2 heterocycles. The Labute approximate surface area is 208 Å². The Balaban J connectivity index is 1.51. The van der Waals surface area contributed by atoms with Crippen LogP contribution in [0, 0.1) is 0 Å². The van der Waals surface area contributed by atoms with E-state index in [0.29, 0.717) is 18.0 Å². The van der Waals surface area contributed by atoms with E-state index in [1.165, 1.54) is 0 Å². The Hall–Kier alpha value is -2.52. The molecule has 1 saturated carbocycles. The van der Waals surface area contributed by atoms with Crippen LogP contribution in [0.1, 0.15) is 67.9 Å². The lowest BCUT2D eigenvalue weighted by atomic mass is 10.1. The van der Waals surface area contributed by atoms with Crippen LogP contribution < -0.4 is 5.32 Å². The van der Waals surface area contributed by atoms with E-state index >= 15 is 0 Å². The first-order valence-corrected chi connectivity index (χ1v) is 12.6. The molecular formula is C25H31ClF2N4O3. The summed E-state index contributed by atoms with van der Waals surface area (Å²) < 4.78 is 29.3. The van der Waals surface area contributed by atoms with E-state index in [1.807, 2.05) is 22.9 Å². The van der Waals surface area contributed by atoms with E-state index < -0.39 is 23.8 Å². The molecule has 1 atom stereocenters. The van der Waals surface area contributed by atoms with Crippen LogP contribution in [0.4, 0.5) is 8.78 Å². The predicted octanol–water partition coefficient (Wildman–Crippen LogP) is 5.01. The minimum atomic E-state index is -2.73. The van der Waals surface area contributed by atoms with Crippen molar-refractivity contribution in [3.8, 4) is 11.3 Å². The van der Waals surface area contributed by atoms with Crippen LogP contribution >= 0.6 is 11.6 Å². The lowest BCUT2D eigenvalue weighted by Crippen LogP contribution is -2.45. The third kappa shape index (κ3) is 6.58. The fraction of sp³-hybridized carbons (Fsp3) is 0.560. The Morgan fingerprint density at radius 1 is 1.23 bits per heavy atom. The third-order valence-electron chi connectivity index (χ3n) is 6.81. The Bertz CT molecular complexity index is 1060. The van der Waals surface area contributed by atoms with Crippen LogP contribution in [0.25, 0.3) is 11.3 Å². The van der Waals surface area contributed by atoms with Crippen molar-refractivity contribution in [2.24, 2.45) is 0 Å². The number of rotatable bonds is 9. The average molecular weight is 509 g/mol. The largest absolute Gasteiger partial charge is 0.481 e. The quantitative estimate of drug-likeness (QED) is 0.497. The number of aromatic nitrogens is 2. The molecule has 1 aromatic heterocycles. The summed E-state index contributed by atoms with van der Waals surface area (Å²) in [5, 5.41) is 17.3. The maximum atomic E-state index is 13.7. The number of alkyl halides is 2. The van der Waals surface area contributed by atoms with Crippen molar-refractivity contribution >= 4 is 23.5 Å². The molecule has 0 spiro atoms. The number of carbonyl (C=O) groups is 2. The number of piperidine rings is 1. The second kappa shape index (κ2) is 11.0. The van der Waals surface area contributed by atoms with Gasteiger partial charge in [0.25, 0.3) is 11.8 Å². The highest BCUT2D eigenvalue weighted by Gasteiger charge is 2.35. The van der Waals surface area contributed by atoms with E-state index in [1.54, 1.807) is 17.0 Å². The highest BCUT2D eigenvalue weighted by Crippen LogP contribution is 2.36. The van der Waals surface area contributed by atoms with Gasteiger partial charge in [0.1, 0.15) is 0 Å². The molecule has 0 bridgehead atoms. The van der Waals surface area contributed by atoms with Gasteiger partial charge in [-0.15, -0.1) is 0 Å². The molecular weight excluding hydrogens is 478 g/mol. The summed E-state index contributed by atoms with van der Waals surface area (Å²) in [6.07, 6.45) is 4.33. The Kier molecular flexibility index (Phi) is 8.06. The fourth-order valence-corrected chi connectivity index (χ4v) is 5.31. The van der Waals surface area contributed by atoms with Gasteiger partial charge < -0.3 is 10.4 Å². The molecule has 35 heavy (non-hydrogen) atoms. The molecule has 0 radical (unpaired) electrons. The van der Waals surface area contributed by atoms with Gasteiger partial charge in [0.2, 0.25) is 0 Å². The van der Waals surface area contributed by atoms with Crippen LogP contribution in [0.2, 0.25) is 5.02 Å². The van der Waals surface area contributed by atoms with Crippen LogP contribution in [0.5, 0.6) is 0 Å². The summed E-state index contributed by atoms with van der Waals surface area (Å²) in [6.45, 7) is 0.485. The maximum Gasteiger partial charge on any atom is 0.305 e. The summed E-state index contributed by atoms with van der Waals surface area (Å²) >= 11 is 6.44. The molecule has 0 unspecified atom stereocenters. The highest BCUT2D eigenvalue weighted by molar-refractivity contribution is 6.33. The number of carboxylic acid groups (broad SMARTS) is 1. The van der Waals surface area contributed by atoms with Crippen LogP contribution in [-0.4, -0.2) is 63.3 Å². The number of halogens is 3. The predicted molar refractivity (Wildman–Crippen MR) is 129 cm³/mol. The van der Waals surface area contributed by atoms with Gasteiger partial charge in [0, 0.05) is 29.6 Å². The summed E-state index contributed by atoms with van der Waals surface area (Å²) in [6, 6.07) is 8.54. The zero-order chi connectivity index (χ0) is 25.0. The van der Waals surface area contributed by atoms with E-state index in [2.05, 4.69) is 10.4 Å². The van der Waals surface area contributed by atoms with Gasteiger partial charge in [-0.25, -0.2) is 8.78 Å². The molecule has 1 aromatic carbocycles. The van der Waals surface area contributed by atoms with Gasteiger partial charge >= 0.3 is 5.97 Å². The van der Waals surface area contributed by atoms with Gasteiger partial charge in [-0.2, -0.15) is 5.10 Å². The summed E-state index contributed by atoms with van der Waals surface area (Å²) in [5.74, 6) is -4.27. The number of nitrogens with zero attached hydrogens (tertiary/aromatic N) is 3. The normalized spacial score (nSPS) is 19.5. The molecule has 10 heteroatoms. The summed E-state index contributed by atoms with van der Waals surface area (Å²) in [4.78, 5) is 26.2. The first kappa shape index (κ1) is 25.6. The molecule has 2 aliphatic rings. The average Bonchev–Trinajstić information content (AvgIpc) is 3.47. The first-order valence-electron chi connectivity index (χ1n) is 12.2. The zero-order valence-corrected chi connectivity index (χ0v) is 20.3. The van der Waals surface area contributed by atoms with Crippen LogP contribution in [0.3, 0.4) is 0 Å². The number of aliphatic carboxylic acids is 1. The van der Waals surface area contributed by atoms with E-state index in [0.717, 1.165) is 36.9 Å². The van der Waals surface area contributed by atoms with Crippen molar-refractivity contribution in [3.63, 3.8) is 0 Å². The number of likely N-dealkylation sites (tertiary alicyclic amines) is 1. The lowest BCUT2D eigenvalue weighted by Gasteiger charge is -2.33. The number of carbonyl (C=O) groups excluding carboxylic acids is 1. The van der Waals surface area contributed by atoms with Crippen molar-refractivity contribution in [2.75, 3.05) is 19.6 Å². The van der Waals surface area contributed by atoms with Crippen LogP contribution in [-0.2, 0) is 4.79 Å². The molecule has 190 valence electrons. The van der Waals surface area contributed by atoms with Gasteiger partial charge in [-0.1, -0.05) is 42.6 Å². The second-order valence-electron chi connectivity index (χ2n) is 9.57. The summed E-state index contributed by atoms with van der Waals surface area (Å²) in [7, 11) is 0.